The number of hydrogen-bond donors (Lipinski definition) is 2. The van der Waals surface area contributed by atoms with Gasteiger partial charge in [-0.25, -0.2) is 0 Å². The van der Waals surface area contributed by atoms with Crippen LogP contribution in [0.15, 0.2) is 53.7 Å². The van der Waals surface area contributed by atoms with Gasteiger partial charge in [-0.1, -0.05) is 55.7 Å². The molecule has 1 aliphatic heterocycles. The summed E-state index contributed by atoms with van der Waals surface area (Å²) in [7, 11) is 0. The van der Waals surface area contributed by atoms with E-state index in [1.54, 1.807) is 4.90 Å². The van der Waals surface area contributed by atoms with Gasteiger partial charge in [0.25, 0.3) is 5.91 Å². The molecule has 28 heavy (non-hydrogen) atoms. The molecule has 2 N–H and O–H groups in total. The van der Waals surface area contributed by atoms with Gasteiger partial charge in [0.05, 0.1) is 5.69 Å². The Morgan fingerprint density at radius 3 is 2.61 bits per heavy atom. The van der Waals surface area contributed by atoms with E-state index in [9.17, 15) is 9.59 Å². The van der Waals surface area contributed by atoms with Crippen molar-refractivity contribution in [3.8, 4) is 0 Å². The lowest BCUT2D eigenvalue weighted by Crippen LogP contribution is -2.36. The summed E-state index contributed by atoms with van der Waals surface area (Å²) >= 11 is 0. The van der Waals surface area contributed by atoms with Crippen molar-refractivity contribution in [3.63, 3.8) is 0 Å². The smallest absolute Gasteiger partial charge is 0.303 e. The first-order valence-corrected chi connectivity index (χ1v) is 10.1. The molecule has 0 spiro atoms. The summed E-state index contributed by atoms with van der Waals surface area (Å²) in [6.07, 6.45) is 6.18. The molecule has 0 unspecified atom stereocenters. The molecule has 0 aromatic heterocycles. The number of nitrogens with one attached hydrogen (secondary N) is 1. The van der Waals surface area contributed by atoms with E-state index in [1.807, 2.05) is 42.5 Å². The van der Waals surface area contributed by atoms with Gasteiger partial charge in [-0.05, 0) is 36.3 Å². The van der Waals surface area contributed by atoms with E-state index in [2.05, 4.69) is 5.32 Å². The van der Waals surface area contributed by atoms with E-state index in [0.29, 0.717) is 24.7 Å². The van der Waals surface area contributed by atoms with Gasteiger partial charge in [-0.2, -0.15) is 0 Å². The minimum atomic E-state index is -0.833. The Bertz CT molecular complexity index is 923. The maximum atomic E-state index is 13.3. The number of carboxylic acids is 1. The lowest BCUT2D eigenvalue weighted by molar-refractivity contribution is -0.137. The molecular weight excluding hydrogens is 352 g/mol. The summed E-state index contributed by atoms with van der Waals surface area (Å²) in [5, 5.41) is 14.7. The first-order valence-electron chi connectivity index (χ1n) is 10.1. The highest BCUT2D eigenvalue weighted by Crippen LogP contribution is 2.33. The zero-order valence-electron chi connectivity index (χ0n) is 16.0. The number of benzene rings is 2. The number of fused-ring (bicyclic) bond motifs is 1. The molecule has 146 valence electrons. The van der Waals surface area contributed by atoms with Crippen LogP contribution in [0.2, 0.25) is 0 Å². The molecule has 0 radical (unpaired) electrons. The van der Waals surface area contributed by atoms with Crippen LogP contribution < -0.4 is 10.2 Å². The molecule has 1 fully saturated rings. The number of nitrogens with zero attached hydrogens (tertiary/aromatic N) is 1. The maximum Gasteiger partial charge on any atom is 0.303 e. The van der Waals surface area contributed by atoms with Gasteiger partial charge < -0.3 is 15.3 Å². The van der Waals surface area contributed by atoms with Crippen LogP contribution >= 0.6 is 0 Å². The van der Waals surface area contributed by atoms with Crippen LogP contribution in [0.3, 0.4) is 0 Å². The summed E-state index contributed by atoms with van der Waals surface area (Å²) in [6.45, 7) is 0.454. The average molecular weight is 378 g/mol. The van der Waals surface area contributed by atoms with Crippen molar-refractivity contribution >= 4 is 28.3 Å². The fraction of sp³-hybridized carbons (Fsp3) is 0.391. The largest absolute Gasteiger partial charge is 0.481 e. The number of rotatable bonds is 6. The lowest BCUT2D eigenvalue weighted by Gasteiger charge is -2.25. The van der Waals surface area contributed by atoms with Crippen LogP contribution in [0.25, 0.3) is 10.8 Å². The normalized spacial score (nSPS) is 18.1. The van der Waals surface area contributed by atoms with Crippen LogP contribution in [0.4, 0.5) is 5.69 Å². The molecule has 4 rings (SSSR count). The molecule has 1 heterocycles. The van der Waals surface area contributed by atoms with Crippen molar-refractivity contribution in [1.29, 1.82) is 0 Å². The van der Waals surface area contributed by atoms with Crippen molar-refractivity contribution < 1.29 is 14.7 Å². The quantitative estimate of drug-likeness (QED) is 0.789. The third-order valence-corrected chi connectivity index (χ3v) is 5.81. The average Bonchev–Trinajstić information content (AvgIpc) is 3.02. The van der Waals surface area contributed by atoms with E-state index in [1.165, 1.54) is 19.3 Å². The first kappa shape index (κ1) is 18.5. The van der Waals surface area contributed by atoms with Gasteiger partial charge in [-0.3, -0.25) is 9.59 Å². The predicted molar refractivity (Wildman–Crippen MR) is 110 cm³/mol. The van der Waals surface area contributed by atoms with E-state index in [0.717, 1.165) is 34.9 Å². The number of carbonyl (C=O) groups is 2. The lowest BCUT2D eigenvalue weighted by atomic mass is 9.95. The minimum Gasteiger partial charge on any atom is -0.481 e. The van der Waals surface area contributed by atoms with Gasteiger partial charge >= 0.3 is 5.97 Å². The van der Waals surface area contributed by atoms with Crippen LogP contribution in [-0.2, 0) is 9.59 Å². The molecule has 2 aliphatic rings. The number of amides is 1. The van der Waals surface area contributed by atoms with Crippen LogP contribution in [-0.4, -0.2) is 29.6 Å². The molecule has 0 bridgehead atoms. The molecule has 2 aromatic carbocycles. The molecule has 0 atom stereocenters. The Kier molecular flexibility index (Phi) is 5.33. The highest BCUT2D eigenvalue weighted by Gasteiger charge is 2.33. The Balaban J connectivity index is 1.64. The molecule has 2 aromatic rings. The fourth-order valence-corrected chi connectivity index (χ4v) is 4.34. The topological polar surface area (TPSA) is 69.6 Å². The number of carbonyl (C=O) groups excluding carboxylic acids is 1. The molecule has 5 nitrogen and oxygen atoms in total. The molecule has 5 heteroatoms. The zero-order chi connectivity index (χ0) is 19.5. The first-order chi connectivity index (χ1) is 13.6. The summed E-state index contributed by atoms with van der Waals surface area (Å²) in [4.78, 5) is 26.3. The second-order valence-corrected chi connectivity index (χ2v) is 7.74. The monoisotopic (exact) mass is 378 g/mol. The SMILES string of the molecule is O=C(O)CCC1=C(NC2CCCCC2)C(=O)N(c2cccc3ccccc23)C1. The van der Waals surface area contributed by atoms with Crippen molar-refractivity contribution in [1.82, 2.24) is 5.32 Å². The molecule has 0 saturated heterocycles. The zero-order valence-corrected chi connectivity index (χ0v) is 16.0. The standard InChI is InChI=1S/C23H26N2O3/c26-21(27)14-13-17-15-25(20-12-6-8-16-7-4-5-11-19(16)20)23(28)22(17)24-18-9-2-1-3-10-18/h4-8,11-12,18,24H,1-3,9-10,13-15H2,(H,26,27). The number of anilines is 1. The third-order valence-electron chi connectivity index (χ3n) is 5.81. The highest BCUT2D eigenvalue weighted by molar-refractivity contribution is 6.13. The predicted octanol–water partition coefficient (Wildman–Crippen LogP) is 4.23. The minimum absolute atomic E-state index is 0.0395. The van der Waals surface area contributed by atoms with E-state index in [4.69, 9.17) is 5.11 Å². The molecule has 1 saturated carbocycles. The number of carboxylic acid groups (broad SMARTS) is 1. The fourth-order valence-electron chi connectivity index (χ4n) is 4.34. The van der Waals surface area contributed by atoms with Crippen LogP contribution in [0, 0.1) is 0 Å². The van der Waals surface area contributed by atoms with Crippen LogP contribution in [0.1, 0.15) is 44.9 Å². The van der Waals surface area contributed by atoms with Crippen molar-refractivity contribution in [2.24, 2.45) is 0 Å². The summed E-state index contributed by atoms with van der Waals surface area (Å²) in [5.41, 5.74) is 2.42. The maximum absolute atomic E-state index is 13.3. The summed E-state index contributed by atoms with van der Waals surface area (Å²) < 4.78 is 0. The van der Waals surface area contributed by atoms with Crippen molar-refractivity contribution in [3.05, 3.63) is 53.7 Å². The van der Waals surface area contributed by atoms with Gasteiger partial charge in [0, 0.05) is 24.4 Å². The van der Waals surface area contributed by atoms with Crippen molar-refractivity contribution in [2.75, 3.05) is 11.4 Å². The highest BCUT2D eigenvalue weighted by atomic mass is 16.4. The third kappa shape index (κ3) is 3.75. The Hall–Kier alpha value is -2.82. The van der Waals surface area contributed by atoms with Gasteiger partial charge in [0.15, 0.2) is 0 Å². The van der Waals surface area contributed by atoms with E-state index in [-0.39, 0.29) is 12.3 Å². The number of hydrogen-bond acceptors (Lipinski definition) is 3. The van der Waals surface area contributed by atoms with E-state index >= 15 is 0 Å². The van der Waals surface area contributed by atoms with Crippen molar-refractivity contribution in [2.45, 2.75) is 51.0 Å². The molecular formula is C23H26N2O3. The van der Waals surface area contributed by atoms with E-state index < -0.39 is 5.97 Å². The Morgan fingerprint density at radius 2 is 1.82 bits per heavy atom. The summed E-state index contributed by atoms with van der Waals surface area (Å²) in [6, 6.07) is 14.3. The van der Waals surface area contributed by atoms with Gasteiger partial charge in [0.1, 0.15) is 5.70 Å². The van der Waals surface area contributed by atoms with Crippen LogP contribution in [0.5, 0.6) is 0 Å². The molecule has 1 amide bonds. The Labute approximate surface area is 165 Å². The van der Waals surface area contributed by atoms with Gasteiger partial charge in [0.2, 0.25) is 0 Å². The second-order valence-electron chi connectivity index (χ2n) is 7.74. The Morgan fingerprint density at radius 1 is 1.07 bits per heavy atom. The molecule has 1 aliphatic carbocycles. The number of aliphatic carboxylic acids is 1. The van der Waals surface area contributed by atoms with Gasteiger partial charge in [-0.15, -0.1) is 0 Å². The summed E-state index contributed by atoms with van der Waals surface area (Å²) in [5.74, 6) is -0.872. The second kappa shape index (κ2) is 8.05.